The Morgan fingerprint density at radius 2 is 2.00 bits per heavy atom. The molecule has 228 valence electrons. The van der Waals surface area contributed by atoms with Crippen LogP contribution in [0, 0.1) is 11.8 Å². The van der Waals surface area contributed by atoms with Gasteiger partial charge in [-0.1, -0.05) is 20.4 Å². The van der Waals surface area contributed by atoms with E-state index in [0.717, 1.165) is 18.7 Å². The number of piperidine rings is 2. The second-order valence-corrected chi connectivity index (χ2v) is 12.8. The number of alkyl halides is 1. The Hall–Kier alpha value is -2.45. The lowest BCUT2D eigenvalue weighted by molar-refractivity contribution is -0.139. The number of hydrogen-bond acceptors (Lipinski definition) is 9. The highest BCUT2D eigenvalue weighted by atomic mass is 19.1. The van der Waals surface area contributed by atoms with E-state index in [2.05, 4.69) is 59.2 Å². The minimum Gasteiger partial charge on any atom is -0.376 e. The molecule has 6 heterocycles. The Labute approximate surface area is 242 Å². The number of hydrogen-bond donors (Lipinski definition) is 5. The van der Waals surface area contributed by atoms with E-state index >= 15 is 4.39 Å². The average molecular weight is 576 g/mol. The molecule has 41 heavy (non-hydrogen) atoms. The molecular formula is C28H46FN9O3. The van der Waals surface area contributed by atoms with Crippen LogP contribution in [0.4, 0.5) is 9.18 Å². The Balaban J connectivity index is 1.37. The monoisotopic (exact) mass is 575 g/mol. The topological polar surface area (TPSA) is 116 Å². The normalized spacial score (nSPS) is 41.5. The second kappa shape index (κ2) is 11.3. The Kier molecular flexibility index (Phi) is 7.92. The summed E-state index contributed by atoms with van der Waals surface area (Å²) in [4.78, 5) is 32.8. The van der Waals surface area contributed by atoms with Gasteiger partial charge in [0.1, 0.15) is 12.3 Å². The zero-order valence-corrected chi connectivity index (χ0v) is 24.6. The molecule has 0 aliphatic carbocycles. The molecule has 6 rings (SSSR count). The van der Waals surface area contributed by atoms with E-state index in [1.807, 2.05) is 22.9 Å². The first kappa shape index (κ1) is 28.7. The molecule has 12 nitrogen and oxygen atoms in total. The van der Waals surface area contributed by atoms with E-state index in [-0.39, 0.29) is 66.6 Å². The summed E-state index contributed by atoms with van der Waals surface area (Å²) in [6.45, 7) is 14.5. The molecule has 5 N–H and O–H groups in total. The van der Waals surface area contributed by atoms with Crippen molar-refractivity contribution >= 4 is 11.9 Å². The van der Waals surface area contributed by atoms with Crippen molar-refractivity contribution in [3.8, 4) is 0 Å². The Morgan fingerprint density at radius 3 is 2.76 bits per heavy atom. The van der Waals surface area contributed by atoms with Crippen molar-refractivity contribution in [2.45, 2.75) is 102 Å². The Bertz CT molecular complexity index is 1060. The highest BCUT2D eigenvalue weighted by Gasteiger charge is 2.56. The highest BCUT2D eigenvalue weighted by molar-refractivity contribution is 5.87. The van der Waals surface area contributed by atoms with Crippen molar-refractivity contribution in [1.82, 2.24) is 46.6 Å². The SMILES string of the molecule is C=CC(=O)N1CC(C)N(C2NC(=O)N3C4NC(C(F)CC24)N2C=C(CCOC4CCNC(C(C)C)C43)NN2)CC1C. The average Bonchev–Trinajstić information content (AvgIpc) is 3.41. The number of ether oxygens (including phenoxy) is 1. The van der Waals surface area contributed by atoms with Crippen molar-refractivity contribution in [1.29, 1.82) is 0 Å². The van der Waals surface area contributed by atoms with Gasteiger partial charge in [0.2, 0.25) is 5.91 Å². The number of urea groups is 1. The molecule has 0 radical (unpaired) electrons. The number of nitrogens with one attached hydrogen (secondary N) is 5. The molecule has 0 aromatic rings. The number of carbonyl (C=O) groups excluding carboxylic acids is 2. The first-order valence-corrected chi connectivity index (χ1v) is 15.2. The van der Waals surface area contributed by atoms with Gasteiger partial charge in [-0.05, 0) is 45.2 Å². The fourth-order valence-corrected chi connectivity index (χ4v) is 7.86. The van der Waals surface area contributed by atoms with E-state index in [9.17, 15) is 9.59 Å². The maximum Gasteiger partial charge on any atom is 0.320 e. The second-order valence-electron chi connectivity index (χ2n) is 12.8. The molecule has 6 aliphatic heterocycles. The summed E-state index contributed by atoms with van der Waals surface area (Å²) in [5.74, 6) is -0.0608. The van der Waals surface area contributed by atoms with Gasteiger partial charge in [-0.25, -0.2) is 9.18 Å². The molecule has 4 saturated heterocycles. The van der Waals surface area contributed by atoms with E-state index in [1.165, 1.54) is 6.08 Å². The maximum absolute atomic E-state index is 16.1. The van der Waals surface area contributed by atoms with Crippen LogP contribution in [0.25, 0.3) is 0 Å². The van der Waals surface area contributed by atoms with E-state index in [4.69, 9.17) is 4.74 Å². The number of nitrogens with zero attached hydrogens (tertiary/aromatic N) is 4. The number of halogens is 1. The lowest BCUT2D eigenvalue weighted by atomic mass is 9.81. The zero-order chi connectivity index (χ0) is 29.0. The number of fused-ring (bicyclic) bond motifs is 5. The van der Waals surface area contributed by atoms with Gasteiger partial charge in [0.05, 0.1) is 31.1 Å². The summed E-state index contributed by atoms with van der Waals surface area (Å²) in [5.41, 5.74) is 7.21. The van der Waals surface area contributed by atoms with E-state index in [0.29, 0.717) is 26.1 Å². The molecule has 13 heteroatoms. The third kappa shape index (κ3) is 5.09. The molecular weight excluding hydrogens is 529 g/mol. The summed E-state index contributed by atoms with van der Waals surface area (Å²) >= 11 is 0. The van der Waals surface area contributed by atoms with Crippen molar-refractivity contribution in [2.75, 3.05) is 26.2 Å². The minimum atomic E-state index is -1.18. The van der Waals surface area contributed by atoms with Crippen LogP contribution in [-0.4, -0.2) is 113 Å². The van der Waals surface area contributed by atoms with Crippen molar-refractivity contribution < 1.29 is 18.7 Å². The number of piperazine rings is 1. The molecule has 6 aliphatic rings. The molecule has 4 fully saturated rings. The largest absolute Gasteiger partial charge is 0.376 e. The summed E-state index contributed by atoms with van der Waals surface area (Å²) in [5, 5.41) is 12.3. The Morgan fingerprint density at radius 1 is 1.20 bits per heavy atom. The molecule has 0 saturated carbocycles. The first-order chi connectivity index (χ1) is 19.7. The van der Waals surface area contributed by atoms with Crippen molar-refractivity contribution in [2.24, 2.45) is 11.8 Å². The van der Waals surface area contributed by atoms with Crippen LogP contribution < -0.4 is 26.9 Å². The summed E-state index contributed by atoms with van der Waals surface area (Å²) in [7, 11) is 0. The molecule has 0 spiro atoms. The van der Waals surface area contributed by atoms with Gasteiger partial charge in [-0.15, -0.1) is 5.53 Å². The van der Waals surface area contributed by atoms with Crippen molar-refractivity contribution in [3.05, 3.63) is 24.6 Å². The van der Waals surface area contributed by atoms with Crippen LogP contribution in [0.5, 0.6) is 0 Å². The van der Waals surface area contributed by atoms with Crippen LogP contribution in [0.15, 0.2) is 24.6 Å². The standard InChI is InChI=1S/C28H46FN9O3/c1-6-22(39)35-12-17(5)36(13-16(35)4)25-19-11-20(29)27-31-26(19)38(28(40)32-25)24-21(7-9-30-23(24)15(2)3)41-10-8-18-14-37(27)34-33-18/h6,14-17,19-21,23-27,30-31,33-34H,1,7-13H2,2-5H3,(H,32,40). The van der Waals surface area contributed by atoms with Crippen molar-refractivity contribution in [3.63, 3.8) is 0 Å². The van der Waals surface area contributed by atoms with E-state index < -0.39 is 18.5 Å². The number of rotatable bonds is 3. The predicted octanol–water partition coefficient (Wildman–Crippen LogP) is 0.386. The van der Waals surface area contributed by atoms with Gasteiger partial charge >= 0.3 is 6.03 Å². The summed E-state index contributed by atoms with van der Waals surface area (Å²) in [6.07, 6.45) is 2.19. The van der Waals surface area contributed by atoms with Gasteiger partial charge in [0.15, 0.2) is 0 Å². The van der Waals surface area contributed by atoms with E-state index in [1.54, 1.807) is 5.01 Å². The number of carbonyl (C=O) groups is 2. The quantitative estimate of drug-likeness (QED) is 0.305. The molecule has 0 aromatic carbocycles. The smallest absolute Gasteiger partial charge is 0.320 e. The highest BCUT2D eigenvalue weighted by Crippen LogP contribution is 2.39. The summed E-state index contributed by atoms with van der Waals surface area (Å²) < 4.78 is 22.7. The lowest BCUT2D eigenvalue weighted by Crippen LogP contribution is -2.81. The third-order valence-electron chi connectivity index (χ3n) is 9.89. The zero-order valence-electron chi connectivity index (χ0n) is 24.6. The van der Waals surface area contributed by atoms with Crippen LogP contribution in [0.3, 0.4) is 0 Å². The third-order valence-corrected chi connectivity index (χ3v) is 9.89. The van der Waals surface area contributed by atoms with Gasteiger partial charge < -0.3 is 30.6 Å². The fraction of sp³-hybridized carbons (Fsp3) is 0.786. The summed E-state index contributed by atoms with van der Waals surface area (Å²) in [6, 6.07) is -0.454. The fourth-order valence-electron chi connectivity index (χ4n) is 7.86. The van der Waals surface area contributed by atoms with Gasteiger partial charge in [0, 0.05) is 55.5 Å². The number of hydrazine groups is 2. The number of amides is 3. The lowest BCUT2D eigenvalue weighted by Gasteiger charge is -2.59. The molecule has 10 unspecified atom stereocenters. The van der Waals surface area contributed by atoms with Gasteiger partial charge in [-0.2, -0.15) is 0 Å². The first-order valence-electron chi connectivity index (χ1n) is 15.2. The predicted molar refractivity (Wildman–Crippen MR) is 151 cm³/mol. The molecule has 4 bridgehead atoms. The van der Waals surface area contributed by atoms with Gasteiger partial charge in [0.25, 0.3) is 0 Å². The molecule has 10 atom stereocenters. The maximum atomic E-state index is 16.1. The van der Waals surface area contributed by atoms with Crippen LogP contribution in [0.1, 0.15) is 47.0 Å². The van der Waals surface area contributed by atoms with Gasteiger partial charge in [-0.3, -0.25) is 20.0 Å². The van der Waals surface area contributed by atoms with Crippen LogP contribution >= 0.6 is 0 Å². The van der Waals surface area contributed by atoms with Crippen LogP contribution in [-0.2, 0) is 9.53 Å². The minimum absolute atomic E-state index is 0.0280. The van der Waals surface area contributed by atoms with Crippen LogP contribution in [0.2, 0.25) is 0 Å². The molecule has 0 aromatic heterocycles. The molecule has 3 amide bonds.